The Balaban J connectivity index is 1.79. The molecular weight excluding hydrogens is 364 g/mol. The van der Waals surface area contributed by atoms with E-state index in [9.17, 15) is 10.4 Å². The lowest BCUT2D eigenvalue weighted by atomic mass is 10.1. The number of aliphatic hydroxyl groups is 1. The molecule has 27 heavy (non-hydrogen) atoms. The summed E-state index contributed by atoms with van der Waals surface area (Å²) in [5.74, 6) is 0.928. The molecule has 1 heterocycles. The van der Waals surface area contributed by atoms with E-state index in [1.165, 1.54) is 0 Å². The highest BCUT2D eigenvalue weighted by Gasteiger charge is 2.20. The molecule has 0 aliphatic heterocycles. The fourth-order valence-corrected chi connectivity index (χ4v) is 2.37. The third kappa shape index (κ3) is 6.64. The lowest BCUT2D eigenvalue weighted by Gasteiger charge is -2.27. The van der Waals surface area contributed by atoms with Crippen LogP contribution >= 0.6 is 12.2 Å². The van der Waals surface area contributed by atoms with Gasteiger partial charge in [-0.05, 0) is 38.5 Å². The van der Waals surface area contributed by atoms with E-state index >= 15 is 0 Å². The normalized spacial score (nSPS) is 12.3. The average Bonchev–Trinajstić information content (AvgIpc) is 2.64. The molecule has 0 spiro atoms. The van der Waals surface area contributed by atoms with Gasteiger partial charge in [0.05, 0.1) is 5.56 Å². The Morgan fingerprint density at radius 2 is 2.11 bits per heavy atom. The first kappa shape index (κ1) is 20.8. The maximum Gasteiger partial charge on any atom is 0.231 e. The highest BCUT2D eigenvalue weighted by atomic mass is 32.1. The number of aromatic nitrogens is 2. The zero-order valence-corrected chi connectivity index (χ0v) is 16.5. The molecule has 0 aliphatic rings. The largest absolute Gasteiger partial charge is 0.489 e. The van der Waals surface area contributed by atoms with Crippen LogP contribution in [0.2, 0.25) is 0 Å². The summed E-state index contributed by atoms with van der Waals surface area (Å²) in [4.78, 5) is 0. The van der Waals surface area contributed by atoms with Crippen LogP contribution in [-0.4, -0.2) is 46.7 Å². The standard InChI is InChI=1S/C19H24N4O3S/c1-13-5-4-6-16(15(13)9-20)25-11-14(24)10-21-19(2,3)12-26-17-7-8-18(27)23-22-17/h4-8,14,21,24H,10-12H2,1-3H3,(H,23,27). The lowest BCUT2D eigenvalue weighted by molar-refractivity contribution is 0.0921. The van der Waals surface area contributed by atoms with Crippen LogP contribution in [0, 0.1) is 22.9 Å². The molecule has 0 fully saturated rings. The Morgan fingerprint density at radius 1 is 1.33 bits per heavy atom. The first-order valence-electron chi connectivity index (χ1n) is 8.55. The van der Waals surface area contributed by atoms with Gasteiger partial charge in [-0.2, -0.15) is 5.26 Å². The Morgan fingerprint density at radius 3 is 2.78 bits per heavy atom. The van der Waals surface area contributed by atoms with E-state index in [0.29, 0.717) is 35.0 Å². The van der Waals surface area contributed by atoms with E-state index in [1.807, 2.05) is 32.9 Å². The van der Waals surface area contributed by atoms with Gasteiger partial charge in [-0.15, -0.1) is 5.10 Å². The van der Waals surface area contributed by atoms with E-state index in [2.05, 4.69) is 21.6 Å². The van der Waals surface area contributed by atoms with Crippen LogP contribution in [0.25, 0.3) is 0 Å². The van der Waals surface area contributed by atoms with E-state index in [0.717, 1.165) is 5.56 Å². The summed E-state index contributed by atoms with van der Waals surface area (Å²) in [6, 6.07) is 10.9. The zero-order valence-electron chi connectivity index (χ0n) is 15.7. The maximum absolute atomic E-state index is 10.2. The van der Waals surface area contributed by atoms with Crippen molar-refractivity contribution in [3.63, 3.8) is 0 Å². The molecule has 2 aromatic rings. The maximum atomic E-state index is 10.2. The van der Waals surface area contributed by atoms with Gasteiger partial charge in [0.2, 0.25) is 5.88 Å². The minimum Gasteiger partial charge on any atom is -0.489 e. The minimum absolute atomic E-state index is 0.0822. The SMILES string of the molecule is Cc1cccc(OCC(O)CNC(C)(C)COc2ccc(=S)[nH]n2)c1C#N. The predicted molar refractivity (Wildman–Crippen MR) is 104 cm³/mol. The summed E-state index contributed by atoms with van der Waals surface area (Å²) in [6.07, 6.45) is -0.734. The molecule has 3 N–H and O–H groups in total. The van der Waals surface area contributed by atoms with Crippen molar-refractivity contribution in [2.24, 2.45) is 0 Å². The van der Waals surface area contributed by atoms with Crippen molar-refractivity contribution in [1.29, 1.82) is 5.26 Å². The molecule has 8 heteroatoms. The third-order valence-electron chi connectivity index (χ3n) is 3.83. The Hall–Kier alpha value is -2.47. The first-order valence-corrected chi connectivity index (χ1v) is 8.96. The Kier molecular flexibility index (Phi) is 7.30. The van der Waals surface area contributed by atoms with Crippen LogP contribution in [0.15, 0.2) is 30.3 Å². The van der Waals surface area contributed by atoms with Gasteiger partial charge in [0.15, 0.2) is 0 Å². The first-order chi connectivity index (χ1) is 12.8. The van der Waals surface area contributed by atoms with Gasteiger partial charge in [-0.1, -0.05) is 24.4 Å². The summed E-state index contributed by atoms with van der Waals surface area (Å²) in [5, 5.41) is 29.3. The summed E-state index contributed by atoms with van der Waals surface area (Å²) in [7, 11) is 0. The molecule has 2 rings (SSSR count). The lowest BCUT2D eigenvalue weighted by Crippen LogP contribution is -2.48. The molecule has 0 aliphatic carbocycles. The minimum atomic E-state index is -0.734. The number of ether oxygens (including phenoxy) is 2. The molecule has 1 aromatic heterocycles. The summed E-state index contributed by atoms with van der Waals surface area (Å²) >= 11 is 4.94. The fraction of sp³-hybridized carbons (Fsp3) is 0.421. The molecule has 0 saturated heterocycles. The van der Waals surface area contributed by atoms with Crippen LogP contribution in [-0.2, 0) is 0 Å². The number of nitriles is 1. The van der Waals surface area contributed by atoms with Crippen molar-refractivity contribution in [2.45, 2.75) is 32.4 Å². The van der Waals surface area contributed by atoms with E-state index in [-0.39, 0.29) is 6.61 Å². The summed E-state index contributed by atoms with van der Waals surface area (Å²) in [6.45, 7) is 6.52. The van der Waals surface area contributed by atoms with Gasteiger partial charge in [0.1, 0.15) is 35.8 Å². The van der Waals surface area contributed by atoms with E-state index in [1.54, 1.807) is 18.2 Å². The molecule has 7 nitrogen and oxygen atoms in total. The van der Waals surface area contributed by atoms with Crippen molar-refractivity contribution in [3.05, 3.63) is 46.1 Å². The van der Waals surface area contributed by atoms with Crippen molar-refractivity contribution in [2.75, 3.05) is 19.8 Å². The predicted octanol–water partition coefficient (Wildman–Crippen LogP) is 2.51. The molecule has 1 aromatic carbocycles. The number of nitrogens with one attached hydrogen (secondary N) is 2. The van der Waals surface area contributed by atoms with Gasteiger partial charge >= 0.3 is 0 Å². The highest BCUT2D eigenvalue weighted by molar-refractivity contribution is 7.71. The number of benzene rings is 1. The third-order valence-corrected chi connectivity index (χ3v) is 4.06. The van der Waals surface area contributed by atoms with Crippen molar-refractivity contribution >= 4 is 12.2 Å². The second-order valence-corrected chi connectivity index (χ2v) is 7.28. The monoisotopic (exact) mass is 388 g/mol. The van der Waals surface area contributed by atoms with Crippen LogP contribution < -0.4 is 14.8 Å². The molecule has 1 unspecified atom stereocenters. The molecule has 0 bridgehead atoms. The molecule has 0 amide bonds. The number of aliphatic hydroxyl groups excluding tert-OH is 1. The van der Waals surface area contributed by atoms with E-state index in [4.69, 9.17) is 21.7 Å². The van der Waals surface area contributed by atoms with Crippen LogP contribution in [0.5, 0.6) is 11.6 Å². The quantitative estimate of drug-likeness (QED) is 0.567. The fourth-order valence-electron chi connectivity index (χ4n) is 2.26. The Bertz CT molecular complexity index is 840. The van der Waals surface area contributed by atoms with Crippen LogP contribution in [0.4, 0.5) is 0 Å². The number of hydrogen-bond acceptors (Lipinski definition) is 7. The van der Waals surface area contributed by atoms with Crippen molar-refractivity contribution in [3.8, 4) is 17.7 Å². The van der Waals surface area contributed by atoms with Crippen molar-refractivity contribution in [1.82, 2.24) is 15.5 Å². The number of aryl methyl sites for hydroxylation is 1. The summed E-state index contributed by atoms with van der Waals surface area (Å²) < 4.78 is 11.8. The number of hydrogen-bond donors (Lipinski definition) is 3. The van der Waals surface area contributed by atoms with Gasteiger partial charge in [-0.3, -0.25) is 5.10 Å². The van der Waals surface area contributed by atoms with Gasteiger partial charge < -0.3 is 19.9 Å². The van der Waals surface area contributed by atoms with Gasteiger partial charge in [0.25, 0.3) is 0 Å². The second-order valence-electron chi connectivity index (χ2n) is 6.84. The molecular formula is C19H24N4O3S. The summed E-state index contributed by atoms with van der Waals surface area (Å²) in [5.41, 5.74) is 0.938. The second kappa shape index (κ2) is 9.46. The number of rotatable bonds is 9. The molecule has 0 radical (unpaired) electrons. The molecule has 1 atom stereocenters. The number of aromatic amines is 1. The molecule has 0 saturated carbocycles. The Labute approximate surface area is 164 Å². The topological polar surface area (TPSA) is 103 Å². The molecule has 144 valence electrons. The number of H-pyrrole nitrogens is 1. The average molecular weight is 388 g/mol. The number of nitrogens with zero attached hydrogens (tertiary/aromatic N) is 2. The zero-order chi connectivity index (χ0) is 19.9. The number of β-amino-alcohol motifs (C(OH)–C–C–N with tert-alkyl or cyclic N) is 1. The van der Waals surface area contributed by atoms with Crippen molar-refractivity contribution < 1.29 is 14.6 Å². The van der Waals surface area contributed by atoms with Crippen LogP contribution in [0.3, 0.4) is 0 Å². The highest BCUT2D eigenvalue weighted by Crippen LogP contribution is 2.21. The smallest absolute Gasteiger partial charge is 0.231 e. The van der Waals surface area contributed by atoms with Gasteiger partial charge in [0, 0.05) is 18.2 Å². The van der Waals surface area contributed by atoms with Gasteiger partial charge in [-0.25, -0.2) is 0 Å². The van der Waals surface area contributed by atoms with Crippen LogP contribution in [0.1, 0.15) is 25.0 Å². The van der Waals surface area contributed by atoms with E-state index < -0.39 is 11.6 Å².